The molecule has 0 unspecified atom stereocenters. The zero-order valence-corrected chi connectivity index (χ0v) is 17.4. The summed E-state index contributed by atoms with van der Waals surface area (Å²) in [4.78, 5) is 0. The van der Waals surface area contributed by atoms with Crippen LogP contribution in [-0.2, 0) is 0 Å². The van der Waals surface area contributed by atoms with Crippen LogP contribution in [0.2, 0.25) is 10.0 Å². The fraction of sp³-hybridized carbons (Fsp3) is 0.211. The van der Waals surface area contributed by atoms with Gasteiger partial charge in [0.05, 0.1) is 11.4 Å². The molecule has 2 aromatic carbocycles. The lowest BCUT2D eigenvalue weighted by molar-refractivity contribution is 0.971. The number of rotatable bonds is 6. The smallest absolute Gasteiger partial charge is 0.234 e. The molecule has 27 heavy (non-hydrogen) atoms. The first-order chi connectivity index (χ1) is 12.5. The summed E-state index contributed by atoms with van der Waals surface area (Å²) >= 11 is 11.8. The van der Waals surface area contributed by atoms with Crippen LogP contribution in [0.3, 0.4) is 0 Å². The minimum Gasteiger partial charge on any atom is -0.367 e. The van der Waals surface area contributed by atoms with Gasteiger partial charge in [0.15, 0.2) is 0 Å². The molecule has 3 N–H and O–H groups in total. The molecule has 0 heterocycles. The Labute approximate surface area is 175 Å². The van der Waals surface area contributed by atoms with Crippen LogP contribution in [0.15, 0.2) is 63.8 Å². The lowest BCUT2D eigenvalue weighted by Crippen LogP contribution is -2.28. The first-order valence-corrected chi connectivity index (χ1v) is 9.03. The molecule has 144 valence electrons. The maximum Gasteiger partial charge on any atom is 0.234 e. The van der Waals surface area contributed by atoms with Crippen LogP contribution < -0.4 is 11.2 Å². The average Bonchev–Trinajstić information content (AvgIpc) is 2.65. The Bertz CT molecular complexity index is 812. The van der Waals surface area contributed by atoms with E-state index in [4.69, 9.17) is 28.9 Å². The second kappa shape index (κ2) is 11.6. The maximum absolute atomic E-state index is 5.91. The van der Waals surface area contributed by atoms with Gasteiger partial charge in [0.1, 0.15) is 0 Å². The first kappa shape index (κ1) is 23.0. The zero-order valence-electron chi connectivity index (χ0n) is 15.1. The highest BCUT2D eigenvalue weighted by molar-refractivity contribution is 6.31. The third kappa shape index (κ3) is 7.21. The topological polar surface area (TPSA) is 75.1 Å². The minimum absolute atomic E-state index is 0. The molecule has 0 amide bonds. The van der Waals surface area contributed by atoms with E-state index in [2.05, 4.69) is 20.7 Å². The number of benzene rings is 2. The van der Waals surface area contributed by atoms with E-state index in [-0.39, 0.29) is 18.4 Å². The SMILES string of the molecule is CC/C(=N\N=C(N)N/N=C(\CC)c1ccc(Cl)cc1)c1ccc(Cl)cc1.Cl. The van der Waals surface area contributed by atoms with Crippen LogP contribution >= 0.6 is 35.6 Å². The average molecular weight is 427 g/mol. The maximum atomic E-state index is 5.91. The highest BCUT2D eigenvalue weighted by Crippen LogP contribution is 2.12. The van der Waals surface area contributed by atoms with E-state index in [1.807, 2.05) is 62.4 Å². The van der Waals surface area contributed by atoms with E-state index in [1.54, 1.807) is 0 Å². The summed E-state index contributed by atoms with van der Waals surface area (Å²) < 4.78 is 0. The summed E-state index contributed by atoms with van der Waals surface area (Å²) in [7, 11) is 0. The molecule has 0 fully saturated rings. The number of hydrazone groups is 1. The van der Waals surface area contributed by atoms with Gasteiger partial charge in [-0.15, -0.1) is 17.5 Å². The van der Waals surface area contributed by atoms with Gasteiger partial charge in [-0.2, -0.15) is 10.2 Å². The molecule has 0 aliphatic rings. The Morgan fingerprint density at radius 2 is 1.26 bits per heavy atom. The molecule has 0 radical (unpaired) electrons. The monoisotopic (exact) mass is 425 g/mol. The number of guanidine groups is 1. The molecule has 0 aromatic heterocycles. The van der Waals surface area contributed by atoms with Crippen LogP contribution in [0.25, 0.3) is 0 Å². The van der Waals surface area contributed by atoms with E-state index in [0.29, 0.717) is 16.5 Å². The van der Waals surface area contributed by atoms with Gasteiger partial charge in [0, 0.05) is 10.0 Å². The van der Waals surface area contributed by atoms with Crippen molar-refractivity contribution in [3.8, 4) is 0 Å². The number of nitrogens with one attached hydrogen (secondary N) is 1. The molecular formula is C19H22Cl3N5. The van der Waals surface area contributed by atoms with Crippen molar-refractivity contribution in [3.63, 3.8) is 0 Å². The van der Waals surface area contributed by atoms with Gasteiger partial charge in [-0.3, -0.25) is 0 Å². The fourth-order valence-electron chi connectivity index (χ4n) is 2.23. The summed E-state index contributed by atoms with van der Waals surface area (Å²) in [5.41, 5.74) is 12.2. The molecule has 0 saturated heterocycles. The fourth-order valence-corrected chi connectivity index (χ4v) is 2.48. The largest absolute Gasteiger partial charge is 0.367 e. The van der Waals surface area contributed by atoms with Crippen molar-refractivity contribution < 1.29 is 0 Å². The summed E-state index contributed by atoms with van der Waals surface area (Å²) in [5, 5.41) is 13.9. The van der Waals surface area contributed by atoms with Crippen LogP contribution in [0.4, 0.5) is 0 Å². The van der Waals surface area contributed by atoms with Crippen molar-refractivity contribution in [2.75, 3.05) is 0 Å². The molecule has 0 atom stereocenters. The van der Waals surface area contributed by atoms with E-state index < -0.39 is 0 Å². The third-order valence-corrected chi connectivity index (χ3v) is 4.11. The third-order valence-electron chi connectivity index (χ3n) is 3.61. The second-order valence-electron chi connectivity index (χ2n) is 5.42. The van der Waals surface area contributed by atoms with Crippen LogP contribution in [0, 0.1) is 0 Å². The van der Waals surface area contributed by atoms with Crippen molar-refractivity contribution >= 4 is 53.0 Å². The van der Waals surface area contributed by atoms with Crippen molar-refractivity contribution in [1.29, 1.82) is 0 Å². The number of nitrogens with two attached hydrogens (primary N) is 1. The molecule has 2 aromatic rings. The predicted octanol–water partition coefficient (Wildman–Crippen LogP) is 5.25. The van der Waals surface area contributed by atoms with Crippen molar-refractivity contribution in [1.82, 2.24) is 5.43 Å². The van der Waals surface area contributed by atoms with E-state index in [1.165, 1.54) is 0 Å². The predicted molar refractivity (Wildman–Crippen MR) is 119 cm³/mol. The van der Waals surface area contributed by atoms with Crippen LogP contribution in [0.5, 0.6) is 0 Å². The normalized spacial score (nSPS) is 12.5. The van der Waals surface area contributed by atoms with Crippen molar-refractivity contribution in [3.05, 3.63) is 69.7 Å². The molecule has 0 saturated carbocycles. The zero-order chi connectivity index (χ0) is 18.9. The van der Waals surface area contributed by atoms with Crippen molar-refractivity contribution in [2.24, 2.45) is 21.0 Å². The number of hydrogen-bond acceptors (Lipinski definition) is 3. The second-order valence-corrected chi connectivity index (χ2v) is 6.30. The summed E-state index contributed by atoms with van der Waals surface area (Å²) in [6, 6.07) is 14.9. The first-order valence-electron chi connectivity index (χ1n) is 8.28. The molecule has 0 bridgehead atoms. The van der Waals surface area contributed by atoms with Gasteiger partial charge in [-0.05, 0) is 48.2 Å². The van der Waals surface area contributed by atoms with Gasteiger partial charge in [-0.25, -0.2) is 5.43 Å². The lowest BCUT2D eigenvalue weighted by Gasteiger charge is -2.05. The number of hydrogen-bond donors (Lipinski definition) is 2. The number of nitrogens with zero attached hydrogens (tertiary/aromatic N) is 3. The molecule has 5 nitrogen and oxygen atoms in total. The molecule has 0 spiro atoms. The summed E-state index contributed by atoms with van der Waals surface area (Å²) in [5.74, 6) is 0.116. The Morgan fingerprint density at radius 1 is 0.815 bits per heavy atom. The van der Waals surface area contributed by atoms with Crippen LogP contribution in [-0.4, -0.2) is 17.4 Å². The Hall–Kier alpha value is -2.08. The van der Waals surface area contributed by atoms with Gasteiger partial charge >= 0.3 is 0 Å². The lowest BCUT2D eigenvalue weighted by atomic mass is 10.1. The van der Waals surface area contributed by atoms with Gasteiger partial charge in [0.2, 0.25) is 5.96 Å². The molecular weight excluding hydrogens is 405 g/mol. The highest BCUT2D eigenvalue weighted by Gasteiger charge is 2.03. The standard InChI is InChI=1S/C19H21Cl2N5.ClH/c1-3-17(13-5-9-15(20)10-6-13)23-25-19(22)26-24-18(4-2)14-7-11-16(21)12-8-14;/h5-12H,3-4H2,1-2H3,(H3,22,25,26);1H/b23-17+,24-18+;. The quantitative estimate of drug-likeness (QED) is 0.376. The van der Waals surface area contributed by atoms with Crippen molar-refractivity contribution in [2.45, 2.75) is 26.7 Å². The van der Waals surface area contributed by atoms with Gasteiger partial charge in [-0.1, -0.05) is 61.3 Å². The molecule has 0 aliphatic carbocycles. The van der Waals surface area contributed by atoms with E-state index in [9.17, 15) is 0 Å². The molecule has 8 heteroatoms. The van der Waals surface area contributed by atoms with Crippen LogP contribution in [0.1, 0.15) is 37.8 Å². The van der Waals surface area contributed by atoms with Gasteiger partial charge in [0.25, 0.3) is 0 Å². The Morgan fingerprint density at radius 3 is 1.70 bits per heavy atom. The summed E-state index contributed by atoms with van der Waals surface area (Å²) in [6.45, 7) is 4.01. The van der Waals surface area contributed by atoms with E-state index in [0.717, 1.165) is 29.0 Å². The van der Waals surface area contributed by atoms with E-state index >= 15 is 0 Å². The Balaban J connectivity index is 0.00000364. The van der Waals surface area contributed by atoms with Gasteiger partial charge < -0.3 is 5.73 Å². The molecule has 2 rings (SSSR count). The highest BCUT2D eigenvalue weighted by atomic mass is 35.5. The Kier molecular flexibility index (Phi) is 9.86. The molecule has 0 aliphatic heterocycles. The number of halogens is 3. The summed E-state index contributed by atoms with van der Waals surface area (Å²) in [6.07, 6.45) is 1.45. The minimum atomic E-state index is 0.